The van der Waals surface area contributed by atoms with Crippen LogP contribution in [0, 0.1) is 22.7 Å². The maximum atomic E-state index is 13.7. The molecule has 17 aromatic carbocycles. The van der Waals surface area contributed by atoms with Gasteiger partial charge in [0.25, 0.3) is 0 Å². The molecule has 8 heterocycles. The van der Waals surface area contributed by atoms with Crippen molar-refractivity contribution in [2.75, 3.05) is 0 Å². The molecule has 0 unspecified atom stereocenters. The summed E-state index contributed by atoms with van der Waals surface area (Å²) < 4.78 is 19.0. The fraction of sp³-hybridized carbons (Fsp3) is 0. The number of nitrogens with zero attached hydrogens (tertiary/aromatic N) is 10. The Labute approximate surface area is 650 Å². The van der Waals surface area contributed by atoms with Gasteiger partial charge in [-0.15, -0.1) is 0 Å². The summed E-state index contributed by atoms with van der Waals surface area (Å²) in [4.78, 5) is 0. The van der Waals surface area contributed by atoms with Gasteiger partial charge in [0.15, 0.2) is 0 Å². The third kappa shape index (κ3) is 8.28. The summed E-state index contributed by atoms with van der Waals surface area (Å²) in [5.74, 6) is 0. The zero-order valence-corrected chi connectivity index (χ0v) is 61.1. The zero-order valence-electron chi connectivity index (χ0n) is 61.1. The molecule has 0 saturated carbocycles. The van der Waals surface area contributed by atoms with E-state index in [4.69, 9.17) is 0 Å². The molecule has 526 valence electrons. The van der Waals surface area contributed by atoms with Crippen molar-refractivity contribution < 1.29 is 0 Å². The third-order valence-corrected chi connectivity index (χ3v) is 24.4. The van der Waals surface area contributed by atoms with Crippen molar-refractivity contribution in [3.8, 4) is 57.6 Å². The molecular formula is C104H60N10. The van der Waals surface area contributed by atoms with Crippen LogP contribution in [0.4, 0.5) is 0 Å². The van der Waals surface area contributed by atoms with Gasteiger partial charge in [-0.25, -0.2) is 0 Å². The predicted octanol–water partition coefficient (Wildman–Crippen LogP) is 26.2. The van der Waals surface area contributed by atoms with E-state index in [1.807, 2.05) is 0 Å². The fourth-order valence-corrected chi connectivity index (χ4v) is 19.9. The summed E-state index contributed by atoms with van der Waals surface area (Å²) >= 11 is 0. The lowest BCUT2D eigenvalue weighted by atomic mass is 9.98. The number of hydrogen-bond acceptors (Lipinski definition) is 2. The van der Waals surface area contributed by atoms with Crippen LogP contribution in [0.5, 0.6) is 0 Å². The van der Waals surface area contributed by atoms with Crippen molar-refractivity contribution in [2.24, 2.45) is 0 Å². The van der Waals surface area contributed by atoms with Gasteiger partial charge in [0.1, 0.15) is 23.3 Å². The topological polar surface area (TPSA) is 87.0 Å². The Kier molecular flexibility index (Phi) is 12.7. The van der Waals surface area contributed by atoms with E-state index in [2.05, 4.69) is 413 Å². The second-order valence-corrected chi connectivity index (χ2v) is 30.1. The van der Waals surface area contributed by atoms with E-state index < -0.39 is 0 Å². The summed E-state index contributed by atoms with van der Waals surface area (Å²) in [7, 11) is 0. The smallest absolute Gasteiger partial charge is 0.104 e. The largest absolute Gasteiger partial charge is 0.309 e. The number of aromatic nitrogens is 8. The molecule has 0 saturated heterocycles. The highest BCUT2D eigenvalue weighted by atomic mass is 15.1. The quantitative estimate of drug-likeness (QED) is 0.152. The van der Waals surface area contributed by atoms with E-state index in [0.29, 0.717) is 33.9 Å². The van der Waals surface area contributed by atoms with Crippen LogP contribution in [-0.4, -0.2) is 36.5 Å². The van der Waals surface area contributed by atoms with Gasteiger partial charge in [0.05, 0.1) is 111 Å². The van der Waals surface area contributed by atoms with Crippen LogP contribution < -0.4 is 0 Å². The lowest BCUT2D eigenvalue weighted by Gasteiger charge is -2.27. The standard InChI is InChI=1S/C104H60N10/c105-61-83-101(111-89-49-25-17-41-71(89)79-53-75-67-37-13-21-45-85(67)107(93(75)57-97(79)111)63-29-5-1-6-30-63)84(62-106)103(113-91-51-27-19-43-73(91)81-55-77-69-39-15-23-47-87(69)109(95(77)59-99(81)113)65-33-9-3-10-34-65)104(114-92-52-28-20-44-74(92)82-56-78-70-40-16-24-48-88(70)110(96(78)60-100(82)114)66-35-11-4-12-36-66)102(83)112-90-50-26-18-42-72(90)80-54-76-68-38-14-22-46-86(68)108(94(76)58-98(80)112)64-31-7-2-8-32-64/h1-60H. The van der Waals surface area contributed by atoms with Crippen LogP contribution in [0.3, 0.4) is 0 Å². The average Bonchev–Trinajstić information content (AvgIpc) is 1.50. The maximum Gasteiger partial charge on any atom is 0.104 e. The number of nitriles is 2. The number of hydrogen-bond donors (Lipinski definition) is 0. The Hall–Kier alpha value is -15.9. The zero-order chi connectivity index (χ0) is 74.7. The van der Waals surface area contributed by atoms with Crippen LogP contribution >= 0.6 is 0 Å². The van der Waals surface area contributed by atoms with E-state index in [1.54, 1.807) is 0 Å². The minimum absolute atomic E-state index is 0.306. The minimum Gasteiger partial charge on any atom is -0.309 e. The van der Waals surface area contributed by atoms with Gasteiger partial charge in [-0.2, -0.15) is 10.5 Å². The van der Waals surface area contributed by atoms with Gasteiger partial charge in [-0.05, 0) is 146 Å². The van der Waals surface area contributed by atoms with Gasteiger partial charge >= 0.3 is 0 Å². The number of benzene rings is 17. The van der Waals surface area contributed by atoms with Crippen molar-refractivity contribution in [1.82, 2.24) is 36.5 Å². The highest BCUT2D eigenvalue weighted by Gasteiger charge is 2.36. The van der Waals surface area contributed by atoms with Crippen LogP contribution in [0.2, 0.25) is 0 Å². The van der Waals surface area contributed by atoms with Gasteiger partial charge in [0.2, 0.25) is 0 Å². The van der Waals surface area contributed by atoms with Gasteiger partial charge in [0, 0.05) is 109 Å². The first-order valence-electron chi connectivity index (χ1n) is 38.7. The van der Waals surface area contributed by atoms with E-state index in [0.717, 1.165) is 197 Å². The molecule has 10 nitrogen and oxygen atoms in total. The SMILES string of the molecule is N#Cc1c(-n2c3ccccc3c3cc4c5ccccc5n(-c5ccccc5)c4cc32)c(C#N)c(-n2c3ccccc3c3cc4c5ccccc5n(-c5ccccc5)c4cc32)c(-n2c3ccccc3c3cc4c5ccccc5n(-c5ccccc5)c4cc32)c1-n1c2ccccc2c2cc3c4ccccc4n(-c4ccccc4)c3cc21. The summed E-state index contributed by atoms with van der Waals surface area (Å²) in [5.41, 5.74) is 22.3. The number of rotatable bonds is 8. The lowest BCUT2D eigenvalue weighted by molar-refractivity contribution is 1.02. The highest BCUT2D eigenvalue weighted by Crippen LogP contribution is 2.53. The average molecular weight is 1450 g/mol. The maximum absolute atomic E-state index is 13.7. The molecule has 0 aliphatic heterocycles. The normalized spacial score (nSPS) is 12.2. The third-order valence-electron chi connectivity index (χ3n) is 24.4. The molecule has 25 rings (SSSR count). The molecular weight excluding hydrogens is 1390 g/mol. The first kappa shape index (κ1) is 62.1. The molecule has 10 heteroatoms. The lowest BCUT2D eigenvalue weighted by Crippen LogP contribution is -2.17. The van der Waals surface area contributed by atoms with E-state index in [1.165, 1.54) is 0 Å². The second kappa shape index (κ2) is 23.3. The second-order valence-electron chi connectivity index (χ2n) is 30.1. The van der Waals surface area contributed by atoms with Crippen LogP contribution in [0.15, 0.2) is 364 Å². The summed E-state index contributed by atoms with van der Waals surface area (Å²) in [5, 5.41) is 44.4. The summed E-state index contributed by atoms with van der Waals surface area (Å²) in [6, 6.07) is 137. The van der Waals surface area contributed by atoms with Crippen molar-refractivity contribution in [1.29, 1.82) is 10.5 Å². The molecule has 0 spiro atoms. The highest BCUT2D eigenvalue weighted by molar-refractivity contribution is 6.25. The summed E-state index contributed by atoms with van der Waals surface area (Å²) in [6.07, 6.45) is 0. The first-order chi connectivity index (χ1) is 56.6. The van der Waals surface area contributed by atoms with Crippen molar-refractivity contribution >= 4 is 174 Å². The Bertz CT molecular complexity index is 8340. The van der Waals surface area contributed by atoms with Crippen molar-refractivity contribution in [2.45, 2.75) is 0 Å². The van der Waals surface area contributed by atoms with Crippen molar-refractivity contribution in [3.63, 3.8) is 0 Å². The molecule has 114 heavy (non-hydrogen) atoms. The van der Waals surface area contributed by atoms with Gasteiger partial charge in [-0.1, -0.05) is 218 Å². The molecule has 8 aromatic heterocycles. The predicted molar refractivity (Wildman–Crippen MR) is 471 cm³/mol. The van der Waals surface area contributed by atoms with Crippen LogP contribution in [0.1, 0.15) is 11.1 Å². The Morgan fingerprint density at radius 2 is 0.307 bits per heavy atom. The van der Waals surface area contributed by atoms with Crippen LogP contribution in [-0.2, 0) is 0 Å². The van der Waals surface area contributed by atoms with E-state index >= 15 is 0 Å². The van der Waals surface area contributed by atoms with Crippen molar-refractivity contribution in [3.05, 3.63) is 375 Å². The molecule has 0 amide bonds. The summed E-state index contributed by atoms with van der Waals surface area (Å²) in [6.45, 7) is 0. The van der Waals surface area contributed by atoms with Crippen LogP contribution in [0.25, 0.3) is 220 Å². The Morgan fingerprint density at radius 1 is 0.140 bits per heavy atom. The molecule has 0 radical (unpaired) electrons. The van der Waals surface area contributed by atoms with Gasteiger partial charge < -0.3 is 36.5 Å². The monoisotopic (exact) mass is 1450 g/mol. The molecule has 0 fully saturated rings. The molecule has 0 bridgehead atoms. The Balaban J connectivity index is 0.960. The van der Waals surface area contributed by atoms with Gasteiger partial charge in [-0.3, -0.25) is 0 Å². The van der Waals surface area contributed by atoms with E-state index in [-0.39, 0.29) is 0 Å². The number of para-hydroxylation sites is 12. The Morgan fingerprint density at radius 3 is 0.518 bits per heavy atom. The van der Waals surface area contributed by atoms with E-state index in [9.17, 15) is 10.5 Å². The first-order valence-corrected chi connectivity index (χ1v) is 38.7. The molecule has 0 N–H and O–H groups in total. The molecule has 0 atom stereocenters. The molecule has 0 aliphatic carbocycles. The number of fused-ring (bicyclic) bond motifs is 24. The molecule has 0 aliphatic rings. The molecule has 25 aromatic rings. The minimum atomic E-state index is 0.306. The fourth-order valence-electron chi connectivity index (χ4n) is 19.9.